The van der Waals surface area contributed by atoms with Crippen molar-refractivity contribution in [3.8, 4) is 16.2 Å². The highest BCUT2D eigenvalue weighted by Gasteiger charge is 2.18. The molecule has 0 aliphatic rings. The van der Waals surface area contributed by atoms with Crippen LogP contribution in [0.5, 0.6) is 5.75 Å². The van der Waals surface area contributed by atoms with Crippen molar-refractivity contribution in [1.82, 2.24) is 8.97 Å². The van der Waals surface area contributed by atoms with E-state index in [1.54, 1.807) is 4.57 Å². The number of hydrogen-bond donors (Lipinski definition) is 0. The maximum atomic E-state index is 13.5. The molecule has 0 aliphatic heterocycles. The minimum Gasteiger partial charge on any atom is -0.492 e. The molecule has 31 heavy (non-hydrogen) atoms. The molecule has 0 amide bonds. The number of aromatic nitrogens is 2. The number of hydrogen-bond acceptors (Lipinski definition) is 4. The summed E-state index contributed by atoms with van der Waals surface area (Å²) in [6.45, 7) is 2.87. The van der Waals surface area contributed by atoms with Crippen molar-refractivity contribution in [2.24, 2.45) is 0 Å². The predicted octanol–water partition coefficient (Wildman–Crippen LogP) is 6.10. The third-order valence-corrected chi connectivity index (χ3v) is 6.68. The number of aryl methyl sites for hydroxylation is 1. The lowest BCUT2D eigenvalue weighted by atomic mass is 10.1. The number of nitrogens with zero attached hydrogens (tertiary/aromatic N) is 2. The first kappa shape index (κ1) is 19.7. The second kappa shape index (κ2) is 8.13. The first-order valence-corrected chi connectivity index (χ1v) is 11.3. The van der Waals surface area contributed by atoms with Gasteiger partial charge in [-0.05, 0) is 49.0 Å². The second-order valence-electron chi connectivity index (χ2n) is 7.36. The van der Waals surface area contributed by atoms with Crippen LogP contribution in [0.4, 0.5) is 0 Å². The van der Waals surface area contributed by atoms with Gasteiger partial charge in [0.15, 0.2) is 3.95 Å². The molecule has 0 unspecified atom stereocenters. The highest BCUT2D eigenvalue weighted by molar-refractivity contribution is 7.73. The van der Waals surface area contributed by atoms with Gasteiger partial charge in [-0.1, -0.05) is 60.2 Å². The Bertz CT molecular complexity index is 1510. The quantitative estimate of drug-likeness (QED) is 0.307. The molecule has 0 aliphatic carbocycles. The molecule has 2 aromatic heterocycles. The van der Waals surface area contributed by atoms with Crippen LogP contribution in [0.25, 0.3) is 27.0 Å². The van der Waals surface area contributed by atoms with Crippen molar-refractivity contribution in [3.05, 3.63) is 98.7 Å². The highest BCUT2D eigenvalue weighted by Crippen LogP contribution is 2.33. The first-order valence-electron chi connectivity index (χ1n) is 10.1. The molecule has 3 aromatic carbocycles. The van der Waals surface area contributed by atoms with Crippen LogP contribution in [0, 0.1) is 10.9 Å². The monoisotopic (exact) mass is 444 g/mol. The van der Waals surface area contributed by atoms with Crippen LogP contribution in [0.1, 0.15) is 5.56 Å². The molecule has 0 saturated carbocycles. The average Bonchev–Trinajstić information content (AvgIpc) is 3.14. The van der Waals surface area contributed by atoms with Crippen molar-refractivity contribution in [1.29, 1.82) is 0 Å². The fourth-order valence-corrected chi connectivity index (χ4v) is 5.29. The van der Waals surface area contributed by atoms with E-state index in [0.29, 0.717) is 18.5 Å². The van der Waals surface area contributed by atoms with Crippen LogP contribution in [0.15, 0.2) is 83.7 Å². The summed E-state index contributed by atoms with van der Waals surface area (Å²) in [6.07, 6.45) is 0. The van der Waals surface area contributed by atoms with Crippen LogP contribution < -0.4 is 10.3 Å². The summed E-state index contributed by atoms with van der Waals surface area (Å²) >= 11 is 7.30. The zero-order valence-corrected chi connectivity index (χ0v) is 18.6. The Morgan fingerprint density at radius 3 is 2.55 bits per heavy atom. The van der Waals surface area contributed by atoms with Crippen LogP contribution in [-0.4, -0.2) is 15.6 Å². The van der Waals surface area contributed by atoms with Gasteiger partial charge < -0.3 is 4.74 Å². The van der Waals surface area contributed by atoms with Gasteiger partial charge >= 0.3 is 0 Å². The molecule has 0 radical (unpaired) electrons. The number of fused-ring (bicyclic) bond motifs is 3. The summed E-state index contributed by atoms with van der Waals surface area (Å²) in [6, 6.07) is 25.6. The van der Waals surface area contributed by atoms with Gasteiger partial charge in [-0.3, -0.25) is 13.8 Å². The van der Waals surface area contributed by atoms with Crippen molar-refractivity contribution >= 4 is 40.1 Å². The van der Waals surface area contributed by atoms with Crippen LogP contribution >= 0.6 is 23.6 Å². The lowest BCUT2D eigenvalue weighted by Gasteiger charge is -2.14. The van der Waals surface area contributed by atoms with Gasteiger partial charge in [0.25, 0.3) is 5.56 Å². The summed E-state index contributed by atoms with van der Waals surface area (Å²) in [4.78, 5) is 14.5. The number of benzene rings is 3. The number of thiazole rings is 1. The van der Waals surface area contributed by atoms with E-state index >= 15 is 0 Å². The molecule has 0 spiro atoms. The maximum Gasteiger partial charge on any atom is 0.261 e. The molecule has 0 atom stereocenters. The van der Waals surface area contributed by atoms with Crippen molar-refractivity contribution in [3.63, 3.8) is 0 Å². The summed E-state index contributed by atoms with van der Waals surface area (Å²) in [7, 11) is 0. The first-order chi connectivity index (χ1) is 15.1. The average molecular weight is 445 g/mol. The molecule has 5 aromatic rings. The lowest BCUT2D eigenvalue weighted by Crippen LogP contribution is -2.25. The molecule has 0 N–H and O–H groups in total. The van der Waals surface area contributed by atoms with E-state index in [0.717, 1.165) is 36.9 Å². The van der Waals surface area contributed by atoms with Crippen LogP contribution in [0.3, 0.4) is 0 Å². The van der Waals surface area contributed by atoms with Gasteiger partial charge in [0.1, 0.15) is 18.0 Å². The van der Waals surface area contributed by atoms with E-state index < -0.39 is 0 Å². The topological polar surface area (TPSA) is 35.6 Å². The van der Waals surface area contributed by atoms with Crippen LogP contribution in [0.2, 0.25) is 0 Å². The fraction of sp³-hybridized carbons (Fsp3) is 0.120. The Morgan fingerprint density at radius 2 is 1.74 bits per heavy atom. The van der Waals surface area contributed by atoms with Gasteiger partial charge in [-0.15, -0.1) is 11.3 Å². The molecular formula is C25H20N2O2S2. The molecule has 0 saturated heterocycles. The van der Waals surface area contributed by atoms with E-state index in [1.807, 2.05) is 65.1 Å². The van der Waals surface area contributed by atoms with E-state index in [2.05, 4.69) is 25.1 Å². The van der Waals surface area contributed by atoms with Gasteiger partial charge in [-0.25, -0.2) is 0 Å². The predicted molar refractivity (Wildman–Crippen MR) is 130 cm³/mol. The fourth-order valence-electron chi connectivity index (χ4n) is 3.87. The van der Waals surface area contributed by atoms with E-state index in [1.165, 1.54) is 11.3 Å². The Hall–Kier alpha value is -3.22. The Morgan fingerprint density at radius 1 is 0.968 bits per heavy atom. The molecular weight excluding hydrogens is 424 g/mol. The summed E-state index contributed by atoms with van der Waals surface area (Å²) < 4.78 is 10.5. The third-order valence-electron chi connectivity index (χ3n) is 5.27. The molecule has 5 rings (SSSR count). The SMILES string of the molecule is Cc1cccc(-c2sc(=S)n3c4ccccc4c(=O)n(CCOc4ccccc4)c23)c1. The summed E-state index contributed by atoms with van der Waals surface area (Å²) in [5, 5.41) is 0.652. The molecule has 6 heteroatoms. The number of rotatable bonds is 5. The zero-order valence-electron chi connectivity index (χ0n) is 16.9. The lowest BCUT2D eigenvalue weighted by molar-refractivity contribution is 0.298. The Kier molecular flexibility index (Phi) is 5.18. The molecule has 4 nitrogen and oxygen atoms in total. The Balaban J connectivity index is 1.72. The minimum atomic E-state index is -0.0334. The van der Waals surface area contributed by atoms with Crippen molar-refractivity contribution < 1.29 is 4.74 Å². The van der Waals surface area contributed by atoms with Gasteiger partial charge in [-0.2, -0.15) is 0 Å². The number of ether oxygens (including phenoxy) is 1. The highest BCUT2D eigenvalue weighted by atomic mass is 32.1. The zero-order chi connectivity index (χ0) is 21.4. The smallest absolute Gasteiger partial charge is 0.261 e. The second-order valence-corrected chi connectivity index (χ2v) is 9.01. The van der Waals surface area contributed by atoms with Gasteiger partial charge in [0.05, 0.1) is 22.3 Å². The van der Waals surface area contributed by atoms with Crippen molar-refractivity contribution in [2.75, 3.05) is 6.61 Å². The standard InChI is InChI=1S/C25H20N2O2S2/c1-17-8-7-9-18(16-17)22-23-26(14-15-29-19-10-3-2-4-11-19)24(28)20-12-5-6-13-21(20)27(23)25(30)31-22/h2-13,16H,14-15H2,1H3. The van der Waals surface area contributed by atoms with Crippen molar-refractivity contribution in [2.45, 2.75) is 13.5 Å². The molecule has 154 valence electrons. The largest absolute Gasteiger partial charge is 0.492 e. The molecule has 0 bridgehead atoms. The number of para-hydroxylation sites is 2. The molecule has 2 heterocycles. The normalized spacial score (nSPS) is 11.3. The minimum absolute atomic E-state index is 0.0334. The van der Waals surface area contributed by atoms with Gasteiger partial charge in [0.2, 0.25) is 0 Å². The van der Waals surface area contributed by atoms with E-state index in [9.17, 15) is 4.79 Å². The van der Waals surface area contributed by atoms with Crippen LogP contribution in [-0.2, 0) is 6.54 Å². The third kappa shape index (κ3) is 3.58. The summed E-state index contributed by atoms with van der Waals surface area (Å²) in [5.41, 5.74) is 3.85. The van der Waals surface area contributed by atoms with E-state index in [4.69, 9.17) is 17.0 Å². The van der Waals surface area contributed by atoms with E-state index in [-0.39, 0.29) is 5.56 Å². The van der Waals surface area contributed by atoms with Gasteiger partial charge in [0, 0.05) is 0 Å². The Labute approximate surface area is 188 Å². The maximum absolute atomic E-state index is 13.5. The summed E-state index contributed by atoms with van der Waals surface area (Å²) in [5.74, 6) is 0.786. The molecule has 0 fully saturated rings.